The molecule has 2 heterocycles. The van der Waals surface area contributed by atoms with Crippen molar-refractivity contribution in [3.8, 4) is 0 Å². The molecule has 7 heteroatoms. The number of nitrogens with one attached hydrogen (secondary N) is 1. The van der Waals surface area contributed by atoms with Gasteiger partial charge >= 0.3 is 0 Å². The van der Waals surface area contributed by atoms with Crippen LogP contribution in [-0.2, 0) is 17.8 Å². The molecule has 1 aromatic carbocycles. The normalized spacial score (nSPS) is 14.4. The van der Waals surface area contributed by atoms with Gasteiger partial charge in [0.25, 0.3) is 0 Å². The lowest BCUT2D eigenvalue weighted by molar-refractivity contribution is 0.122. The molecule has 27 heavy (non-hydrogen) atoms. The van der Waals surface area contributed by atoms with E-state index < -0.39 is 0 Å². The molecular weight excluding hydrogens is 453 g/mol. The first-order valence-corrected chi connectivity index (χ1v) is 8.99. The summed E-state index contributed by atoms with van der Waals surface area (Å²) in [6, 6.07) is 14.5. The number of benzene rings is 1. The largest absolute Gasteiger partial charge is 0.378 e. The molecule has 1 fully saturated rings. The molecule has 1 aliphatic rings. The average Bonchev–Trinajstić information content (AvgIpc) is 2.69. The van der Waals surface area contributed by atoms with Crippen molar-refractivity contribution in [2.75, 3.05) is 45.3 Å². The third-order valence-corrected chi connectivity index (χ3v) is 4.27. The van der Waals surface area contributed by atoms with E-state index in [-0.39, 0.29) is 24.0 Å². The summed E-state index contributed by atoms with van der Waals surface area (Å²) in [7, 11) is 3.99. The molecule has 0 amide bonds. The van der Waals surface area contributed by atoms with Crippen molar-refractivity contribution in [3.63, 3.8) is 0 Å². The number of nitrogens with zero attached hydrogens (tertiary/aromatic N) is 4. The molecule has 0 atom stereocenters. The predicted molar refractivity (Wildman–Crippen MR) is 121 cm³/mol. The van der Waals surface area contributed by atoms with Crippen LogP contribution >= 0.6 is 24.0 Å². The standard InChI is InChI=1S/C20H27N5O.HI/c1-24(2)20(22-14-17-6-4-3-5-7-17)23-16-18-8-9-19(21-15-18)25-10-12-26-13-11-25;/h3-9,15H,10-14,16H2,1-2H3,(H,22,23);1H. The fourth-order valence-electron chi connectivity index (χ4n) is 2.79. The lowest BCUT2D eigenvalue weighted by Gasteiger charge is -2.27. The van der Waals surface area contributed by atoms with Gasteiger partial charge in [-0.3, -0.25) is 0 Å². The SMILES string of the molecule is CN(C)C(=NCc1ccc(N2CCOCC2)nc1)NCc1ccccc1.I. The number of rotatable bonds is 5. The van der Waals surface area contributed by atoms with E-state index in [1.807, 2.05) is 43.4 Å². The second-order valence-electron chi connectivity index (χ2n) is 6.50. The minimum Gasteiger partial charge on any atom is -0.378 e. The van der Waals surface area contributed by atoms with E-state index in [1.165, 1.54) is 5.56 Å². The van der Waals surface area contributed by atoms with Crippen LogP contribution in [0, 0.1) is 0 Å². The zero-order valence-electron chi connectivity index (χ0n) is 16.0. The Morgan fingerprint density at radius 3 is 2.48 bits per heavy atom. The van der Waals surface area contributed by atoms with Gasteiger partial charge in [0.05, 0.1) is 19.8 Å². The molecule has 0 unspecified atom stereocenters. The molecule has 1 aromatic heterocycles. The third-order valence-electron chi connectivity index (χ3n) is 4.27. The summed E-state index contributed by atoms with van der Waals surface area (Å²) in [5, 5.41) is 3.40. The molecule has 0 aliphatic carbocycles. The average molecular weight is 481 g/mol. The Hall–Kier alpha value is -1.87. The van der Waals surface area contributed by atoms with Crippen LogP contribution in [-0.4, -0.2) is 56.2 Å². The Bertz CT molecular complexity index is 700. The fraction of sp³-hybridized carbons (Fsp3) is 0.400. The van der Waals surface area contributed by atoms with Crippen molar-refractivity contribution in [1.29, 1.82) is 0 Å². The van der Waals surface area contributed by atoms with E-state index in [0.717, 1.165) is 50.2 Å². The van der Waals surface area contributed by atoms with Crippen LogP contribution in [0.15, 0.2) is 53.7 Å². The second-order valence-corrected chi connectivity index (χ2v) is 6.50. The van der Waals surface area contributed by atoms with Gasteiger partial charge < -0.3 is 19.9 Å². The van der Waals surface area contributed by atoms with Crippen molar-refractivity contribution in [2.24, 2.45) is 4.99 Å². The van der Waals surface area contributed by atoms with Gasteiger partial charge in [-0.05, 0) is 17.2 Å². The number of morpholine rings is 1. The maximum Gasteiger partial charge on any atom is 0.194 e. The molecule has 2 aromatic rings. The number of halogens is 1. The highest BCUT2D eigenvalue weighted by molar-refractivity contribution is 14.0. The summed E-state index contributed by atoms with van der Waals surface area (Å²) in [4.78, 5) is 13.5. The number of ether oxygens (including phenoxy) is 1. The highest BCUT2D eigenvalue weighted by Gasteiger charge is 2.12. The number of hydrogen-bond donors (Lipinski definition) is 1. The molecule has 1 saturated heterocycles. The molecule has 0 spiro atoms. The summed E-state index contributed by atoms with van der Waals surface area (Å²) in [6.45, 7) is 4.70. The van der Waals surface area contributed by atoms with Gasteiger partial charge in [-0.25, -0.2) is 9.98 Å². The maximum absolute atomic E-state index is 5.39. The Kier molecular flexibility index (Phi) is 8.80. The number of pyridine rings is 1. The number of aliphatic imine (C=N–C) groups is 1. The number of hydrogen-bond acceptors (Lipinski definition) is 4. The maximum atomic E-state index is 5.39. The van der Waals surface area contributed by atoms with Crippen LogP contribution in [0.1, 0.15) is 11.1 Å². The van der Waals surface area contributed by atoms with E-state index in [9.17, 15) is 0 Å². The van der Waals surface area contributed by atoms with Crippen molar-refractivity contribution < 1.29 is 4.74 Å². The van der Waals surface area contributed by atoms with Gasteiger partial charge in [-0.1, -0.05) is 36.4 Å². The summed E-state index contributed by atoms with van der Waals surface area (Å²) >= 11 is 0. The van der Waals surface area contributed by atoms with Gasteiger partial charge in [-0.2, -0.15) is 0 Å². The minimum atomic E-state index is 0. The van der Waals surface area contributed by atoms with Crippen molar-refractivity contribution in [3.05, 3.63) is 59.8 Å². The Morgan fingerprint density at radius 2 is 1.85 bits per heavy atom. The topological polar surface area (TPSA) is 53.0 Å². The summed E-state index contributed by atoms with van der Waals surface area (Å²) in [5.41, 5.74) is 2.33. The smallest absolute Gasteiger partial charge is 0.194 e. The van der Waals surface area contributed by atoms with Gasteiger partial charge in [0, 0.05) is 39.9 Å². The van der Waals surface area contributed by atoms with Gasteiger partial charge in [0.1, 0.15) is 5.82 Å². The number of aromatic nitrogens is 1. The van der Waals surface area contributed by atoms with Crippen molar-refractivity contribution in [1.82, 2.24) is 15.2 Å². The zero-order chi connectivity index (χ0) is 18.2. The van der Waals surface area contributed by atoms with E-state index in [1.54, 1.807) is 0 Å². The minimum absolute atomic E-state index is 0. The van der Waals surface area contributed by atoms with Gasteiger partial charge in [0.2, 0.25) is 0 Å². The molecular formula is C20H28IN5O. The van der Waals surface area contributed by atoms with Gasteiger partial charge in [-0.15, -0.1) is 24.0 Å². The first kappa shape index (κ1) is 21.4. The van der Waals surface area contributed by atoms with E-state index in [0.29, 0.717) is 6.54 Å². The molecule has 3 rings (SSSR count). The van der Waals surface area contributed by atoms with E-state index in [2.05, 4.69) is 39.5 Å². The molecule has 6 nitrogen and oxygen atoms in total. The highest BCUT2D eigenvalue weighted by Crippen LogP contribution is 2.13. The lowest BCUT2D eigenvalue weighted by Crippen LogP contribution is -2.36. The Labute approximate surface area is 178 Å². The molecule has 0 bridgehead atoms. The Morgan fingerprint density at radius 1 is 1.11 bits per heavy atom. The van der Waals surface area contributed by atoms with Crippen LogP contribution in [0.25, 0.3) is 0 Å². The summed E-state index contributed by atoms with van der Waals surface area (Å²) in [6.07, 6.45) is 1.92. The second kappa shape index (κ2) is 11.1. The van der Waals surface area contributed by atoms with Crippen LogP contribution in [0.2, 0.25) is 0 Å². The number of guanidine groups is 1. The highest BCUT2D eigenvalue weighted by atomic mass is 127. The summed E-state index contributed by atoms with van der Waals surface area (Å²) < 4.78 is 5.39. The first-order chi connectivity index (χ1) is 12.7. The van der Waals surface area contributed by atoms with Gasteiger partial charge in [0.15, 0.2) is 5.96 Å². The number of anilines is 1. The summed E-state index contributed by atoms with van der Waals surface area (Å²) in [5.74, 6) is 1.88. The van der Waals surface area contributed by atoms with Crippen LogP contribution in [0.5, 0.6) is 0 Å². The molecule has 0 saturated carbocycles. The van der Waals surface area contributed by atoms with E-state index in [4.69, 9.17) is 9.73 Å². The lowest BCUT2D eigenvalue weighted by atomic mass is 10.2. The monoisotopic (exact) mass is 481 g/mol. The van der Waals surface area contributed by atoms with Crippen molar-refractivity contribution >= 4 is 35.8 Å². The molecule has 146 valence electrons. The zero-order valence-corrected chi connectivity index (χ0v) is 18.3. The molecule has 0 radical (unpaired) electrons. The van der Waals surface area contributed by atoms with Crippen LogP contribution < -0.4 is 10.2 Å². The first-order valence-electron chi connectivity index (χ1n) is 8.99. The molecule has 1 N–H and O–H groups in total. The van der Waals surface area contributed by atoms with E-state index >= 15 is 0 Å². The fourth-order valence-corrected chi connectivity index (χ4v) is 2.79. The van der Waals surface area contributed by atoms with Crippen LogP contribution in [0.3, 0.4) is 0 Å². The quantitative estimate of drug-likeness (QED) is 0.405. The van der Waals surface area contributed by atoms with Crippen LogP contribution in [0.4, 0.5) is 5.82 Å². The predicted octanol–water partition coefficient (Wildman–Crippen LogP) is 2.74. The molecule has 1 aliphatic heterocycles. The Balaban J connectivity index is 0.00000261. The third kappa shape index (κ3) is 6.66. The van der Waals surface area contributed by atoms with Crippen molar-refractivity contribution in [2.45, 2.75) is 13.1 Å².